The molecule has 1 N–H and O–H groups in total. The summed E-state index contributed by atoms with van der Waals surface area (Å²) in [6, 6.07) is 6.43. The van der Waals surface area contributed by atoms with Crippen molar-refractivity contribution in [2.24, 2.45) is 0 Å². The predicted molar refractivity (Wildman–Crippen MR) is 102 cm³/mol. The smallest absolute Gasteiger partial charge is 0.257 e. The van der Waals surface area contributed by atoms with Crippen LogP contribution in [0.2, 0.25) is 4.34 Å². The number of halogens is 2. The second kappa shape index (κ2) is 8.47. The van der Waals surface area contributed by atoms with E-state index in [0.717, 1.165) is 23.1 Å². The molecule has 0 aliphatic carbocycles. The lowest BCUT2D eigenvalue weighted by molar-refractivity contribution is 0.0749. The van der Waals surface area contributed by atoms with Gasteiger partial charge >= 0.3 is 0 Å². The molecule has 0 spiro atoms. The zero-order chi connectivity index (χ0) is 19.5. The van der Waals surface area contributed by atoms with Gasteiger partial charge in [-0.25, -0.2) is 17.5 Å². The van der Waals surface area contributed by atoms with Crippen molar-refractivity contribution in [1.29, 1.82) is 0 Å². The molecule has 9 heteroatoms. The fraction of sp³-hybridized carbons (Fsp3) is 0.353. The van der Waals surface area contributed by atoms with Gasteiger partial charge in [0.25, 0.3) is 5.91 Å². The monoisotopic (exact) mass is 418 g/mol. The number of carbonyl (C=O) groups is 1. The van der Waals surface area contributed by atoms with Gasteiger partial charge in [0.05, 0.1) is 21.3 Å². The minimum atomic E-state index is -3.82. The van der Waals surface area contributed by atoms with E-state index in [-0.39, 0.29) is 23.0 Å². The number of nitrogens with one attached hydrogen (secondary N) is 1. The number of sulfonamides is 1. The van der Waals surface area contributed by atoms with Gasteiger partial charge in [-0.2, -0.15) is 0 Å². The summed E-state index contributed by atoms with van der Waals surface area (Å²) in [5.41, 5.74) is -0.277. The van der Waals surface area contributed by atoms with E-state index in [4.69, 9.17) is 11.6 Å². The molecular formula is C17H20ClFN2O3S2. The van der Waals surface area contributed by atoms with Crippen molar-refractivity contribution in [3.8, 4) is 0 Å². The fourth-order valence-electron chi connectivity index (χ4n) is 2.34. The molecule has 0 saturated carbocycles. The van der Waals surface area contributed by atoms with E-state index in [1.165, 1.54) is 16.2 Å². The first-order chi connectivity index (χ1) is 12.1. The Balaban J connectivity index is 2.33. The molecule has 0 unspecified atom stereocenters. The molecule has 1 heterocycles. The summed E-state index contributed by atoms with van der Waals surface area (Å²) in [7, 11) is -3.82. The van der Waals surface area contributed by atoms with Crippen molar-refractivity contribution in [3.05, 3.63) is 50.9 Å². The molecule has 0 saturated heterocycles. The van der Waals surface area contributed by atoms with Crippen LogP contribution in [0.5, 0.6) is 0 Å². The van der Waals surface area contributed by atoms with Gasteiger partial charge in [-0.05, 0) is 51.1 Å². The second-order valence-corrected chi connectivity index (χ2v) is 9.46. The van der Waals surface area contributed by atoms with Crippen LogP contribution in [0.1, 0.15) is 36.0 Å². The zero-order valence-electron chi connectivity index (χ0n) is 14.6. The van der Waals surface area contributed by atoms with Crippen LogP contribution in [0.4, 0.5) is 4.39 Å². The Bertz CT molecular complexity index is 897. The van der Waals surface area contributed by atoms with Gasteiger partial charge in [0.2, 0.25) is 10.0 Å². The van der Waals surface area contributed by atoms with Gasteiger partial charge in [-0.1, -0.05) is 11.6 Å². The third kappa shape index (κ3) is 5.03. The Labute approximate surface area is 161 Å². The highest BCUT2D eigenvalue weighted by atomic mass is 35.5. The first-order valence-electron chi connectivity index (χ1n) is 7.99. The highest BCUT2D eigenvalue weighted by Crippen LogP contribution is 2.24. The number of hydrogen-bond donors (Lipinski definition) is 1. The Kier molecular flexibility index (Phi) is 6.79. The van der Waals surface area contributed by atoms with E-state index >= 15 is 0 Å². The normalized spacial score (nSPS) is 11.8. The number of nitrogens with zero attached hydrogens (tertiary/aromatic N) is 1. The van der Waals surface area contributed by atoms with Crippen LogP contribution in [-0.4, -0.2) is 31.8 Å². The van der Waals surface area contributed by atoms with E-state index < -0.39 is 21.7 Å². The van der Waals surface area contributed by atoms with E-state index in [2.05, 4.69) is 4.72 Å². The molecule has 0 aliphatic heterocycles. The number of rotatable bonds is 7. The third-order valence-electron chi connectivity index (χ3n) is 3.51. The molecule has 0 aliphatic rings. The highest BCUT2D eigenvalue weighted by Gasteiger charge is 2.23. The maximum Gasteiger partial charge on any atom is 0.257 e. The minimum absolute atomic E-state index is 0.147. The van der Waals surface area contributed by atoms with Gasteiger partial charge in [-0.3, -0.25) is 4.79 Å². The van der Waals surface area contributed by atoms with Gasteiger partial charge in [-0.15, -0.1) is 11.3 Å². The molecule has 26 heavy (non-hydrogen) atoms. The van der Waals surface area contributed by atoms with Crippen LogP contribution < -0.4 is 4.72 Å². The van der Waals surface area contributed by atoms with Gasteiger partial charge in [0.1, 0.15) is 5.82 Å². The van der Waals surface area contributed by atoms with E-state index in [9.17, 15) is 17.6 Å². The lowest BCUT2D eigenvalue weighted by Gasteiger charge is -2.21. The quantitative estimate of drug-likeness (QED) is 0.741. The molecule has 1 aromatic carbocycles. The number of benzene rings is 1. The summed E-state index contributed by atoms with van der Waals surface area (Å²) >= 11 is 7.24. The van der Waals surface area contributed by atoms with Crippen molar-refractivity contribution < 1.29 is 17.6 Å². The molecule has 0 bridgehead atoms. The van der Waals surface area contributed by atoms with Crippen molar-refractivity contribution in [1.82, 2.24) is 9.62 Å². The number of hydrogen-bond acceptors (Lipinski definition) is 4. The van der Waals surface area contributed by atoms with Crippen LogP contribution >= 0.6 is 22.9 Å². The summed E-state index contributed by atoms with van der Waals surface area (Å²) in [4.78, 5) is 14.9. The standard InChI is InChI=1S/C17H20ClFN2O3S2/c1-4-21(10-12-5-8-16(18)25-12)17(22)14-9-13(6-7-15(14)19)26(23,24)20-11(2)3/h5-9,11,20H,4,10H2,1-3H3. The van der Waals surface area contributed by atoms with E-state index in [0.29, 0.717) is 10.9 Å². The van der Waals surface area contributed by atoms with Crippen LogP contribution in [0.25, 0.3) is 0 Å². The molecule has 0 radical (unpaired) electrons. The Morgan fingerprint density at radius 2 is 2.00 bits per heavy atom. The molecule has 0 fully saturated rings. The summed E-state index contributed by atoms with van der Waals surface area (Å²) in [6.45, 7) is 5.74. The highest BCUT2D eigenvalue weighted by molar-refractivity contribution is 7.89. The molecule has 142 valence electrons. The SMILES string of the molecule is CCN(Cc1ccc(Cl)s1)C(=O)c1cc(S(=O)(=O)NC(C)C)ccc1F. The lowest BCUT2D eigenvalue weighted by atomic mass is 10.2. The predicted octanol–water partition coefficient (Wildman–Crippen LogP) is 3.89. The fourth-order valence-corrected chi connectivity index (χ4v) is 4.72. The van der Waals surface area contributed by atoms with Crippen LogP contribution in [0.3, 0.4) is 0 Å². The average molecular weight is 419 g/mol. The molecule has 1 aromatic heterocycles. The second-order valence-electron chi connectivity index (χ2n) is 5.94. The molecule has 2 aromatic rings. The average Bonchev–Trinajstić information content (AvgIpc) is 2.96. The number of carbonyl (C=O) groups excluding carboxylic acids is 1. The molecule has 5 nitrogen and oxygen atoms in total. The molecule has 2 rings (SSSR count). The van der Waals surface area contributed by atoms with Crippen molar-refractivity contribution >= 4 is 38.9 Å². The van der Waals surface area contributed by atoms with E-state index in [1.54, 1.807) is 32.9 Å². The molecular weight excluding hydrogens is 399 g/mol. The van der Waals surface area contributed by atoms with Crippen molar-refractivity contribution in [2.75, 3.05) is 6.54 Å². The maximum atomic E-state index is 14.2. The Morgan fingerprint density at radius 3 is 2.54 bits per heavy atom. The Morgan fingerprint density at radius 1 is 1.31 bits per heavy atom. The third-order valence-corrected chi connectivity index (χ3v) is 6.39. The first-order valence-corrected chi connectivity index (χ1v) is 10.7. The minimum Gasteiger partial charge on any atom is -0.334 e. The summed E-state index contributed by atoms with van der Waals surface area (Å²) < 4.78 is 41.8. The van der Waals surface area contributed by atoms with Gasteiger partial charge < -0.3 is 4.90 Å². The summed E-state index contributed by atoms with van der Waals surface area (Å²) in [5, 5.41) is 0. The lowest BCUT2D eigenvalue weighted by Crippen LogP contribution is -2.32. The van der Waals surface area contributed by atoms with Crippen molar-refractivity contribution in [3.63, 3.8) is 0 Å². The first kappa shape index (κ1) is 20.8. The van der Waals surface area contributed by atoms with Gasteiger partial charge in [0.15, 0.2) is 0 Å². The molecule has 1 amide bonds. The largest absolute Gasteiger partial charge is 0.334 e. The Hall–Kier alpha value is -1.48. The molecule has 0 atom stereocenters. The zero-order valence-corrected chi connectivity index (χ0v) is 17.0. The summed E-state index contributed by atoms with van der Waals surface area (Å²) in [6.07, 6.45) is 0. The maximum absolute atomic E-state index is 14.2. The number of amides is 1. The summed E-state index contributed by atoms with van der Waals surface area (Å²) in [5.74, 6) is -1.34. The van der Waals surface area contributed by atoms with Crippen LogP contribution in [-0.2, 0) is 16.6 Å². The topological polar surface area (TPSA) is 66.5 Å². The van der Waals surface area contributed by atoms with E-state index in [1.807, 2.05) is 0 Å². The van der Waals surface area contributed by atoms with Crippen LogP contribution in [0.15, 0.2) is 35.2 Å². The van der Waals surface area contributed by atoms with Gasteiger partial charge in [0, 0.05) is 17.5 Å². The van der Waals surface area contributed by atoms with Crippen LogP contribution in [0, 0.1) is 5.82 Å². The number of thiophene rings is 1. The van der Waals surface area contributed by atoms with Crippen molar-refractivity contribution in [2.45, 2.75) is 38.3 Å².